The van der Waals surface area contributed by atoms with E-state index in [0.717, 1.165) is 73.4 Å². The number of hydrogen-bond acceptors (Lipinski definition) is 5. The normalized spacial score (nSPS) is 12.8. The molecule has 3 aromatic heterocycles. The smallest absolute Gasteiger partial charge is 0.164 e. The van der Waals surface area contributed by atoms with Crippen LogP contribution >= 0.6 is 0 Å². The number of aromatic nitrogens is 3. The van der Waals surface area contributed by atoms with Gasteiger partial charge >= 0.3 is 0 Å². The number of rotatable bonds is 4. The molecule has 0 atom stereocenters. The molecule has 1 aliphatic rings. The number of fused-ring (bicyclic) bond motifs is 9. The van der Waals surface area contributed by atoms with E-state index in [0.29, 0.717) is 17.5 Å². The third kappa shape index (κ3) is 4.46. The zero-order valence-corrected chi connectivity index (χ0v) is 28.0. The van der Waals surface area contributed by atoms with Crippen molar-refractivity contribution in [1.82, 2.24) is 15.0 Å². The summed E-state index contributed by atoms with van der Waals surface area (Å²) in [7, 11) is 0. The van der Waals surface area contributed by atoms with Gasteiger partial charge in [-0.25, -0.2) is 15.0 Å². The molecular weight excluding hydrogens is 639 g/mol. The second kappa shape index (κ2) is 11.3. The lowest BCUT2D eigenvalue weighted by Gasteiger charge is -2.18. The van der Waals surface area contributed by atoms with Crippen LogP contribution in [0, 0.1) is 0 Å². The fourth-order valence-electron chi connectivity index (χ4n) is 8.03. The van der Waals surface area contributed by atoms with Gasteiger partial charge in [-0.3, -0.25) is 0 Å². The van der Waals surface area contributed by atoms with Crippen LogP contribution in [0.2, 0.25) is 0 Å². The third-order valence-corrected chi connectivity index (χ3v) is 10.4. The summed E-state index contributed by atoms with van der Waals surface area (Å²) in [6.45, 7) is 0. The highest BCUT2D eigenvalue weighted by atomic mass is 16.3. The molecule has 3 heterocycles. The first kappa shape index (κ1) is 28.9. The van der Waals surface area contributed by atoms with Crippen LogP contribution in [0.5, 0.6) is 0 Å². The van der Waals surface area contributed by atoms with Crippen molar-refractivity contribution in [3.05, 3.63) is 157 Å². The molecule has 0 fully saturated rings. The van der Waals surface area contributed by atoms with Gasteiger partial charge in [0.1, 0.15) is 22.3 Å². The van der Waals surface area contributed by atoms with Crippen molar-refractivity contribution in [2.45, 2.75) is 12.8 Å². The van der Waals surface area contributed by atoms with Crippen LogP contribution in [0.25, 0.3) is 106 Å². The molecule has 244 valence electrons. The molecule has 0 saturated carbocycles. The van der Waals surface area contributed by atoms with Crippen LogP contribution in [0.3, 0.4) is 0 Å². The SMILES string of the molecule is C1=Cc2cc(-c3ccccc3)c3ccc(-c4nc(-c5cccc6oc7ccccc7c56)nc(-c5cccc6oc7ccccc7c56)n4)cc3c2CC1. The Morgan fingerprint density at radius 2 is 1.02 bits per heavy atom. The fourth-order valence-corrected chi connectivity index (χ4v) is 8.03. The van der Waals surface area contributed by atoms with E-state index in [1.54, 1.807) is 0 Å². The second-order valence-corrected chi connectivity index (χ2v) is 13.4. The van der Waals surface area contributed by atoms with Crippen molar-refractivity contribution < 1.29 is 8.83 Å². The summed E-state index contributed by atoms with van der Waals surface area (Å²) < 4.78 is 12.6. The molecule has 0 spiro atoms. The van der Waals surface area contributed by atoms with Crippen LogP contribution < -0.4 is 0 Å². The lowest BCUT2D eigenvalue weighted by molar-refractivity contribution is 0.668. The molecule has 5 nitrogen and oxygen atoms in total. The minimum Gasteiger partial charge on any atom is -0.456 e. The Hall–Kier alpha value is -6.85. The van der Waals surface area contributed by atoms with Crippen LogP contribution in [-0.2, 0) is 6.42 Å². The van der Waals surface area contributed by atoms with Gasteiger partial charge in [-0.1, -0.05) is 115 Å². The molecule has 0 aliphatic heterocycles. The monoisotopic (exact) mass is 667 g/mol. The number of nitrogens with zero attached hydrogens (tertiary/aromatic N) is 3. The van der Waals surface area contributed by atoms with E-state index in [9.17, 15) is 0 Å². The standard InChI is InChI=1S/C47H29N3O2/c1-2-12-28(13-3-1)37-26-29-14-4-5-15-31(29)38-27-30(24-25-32(37)38)45-48-46(35-18-10-22-41-43(35)33-16-6-8-20-39(33)51-41)50-47(49-45)36-19-11-23-42-44(36)34-17-7-9-21-40(34)52-42/h1-4,6-14,16-27H,5,15H2. The highest BCUT2D eigenvalue weighted by molar-refractivity contribution is 6.13. The maximum absolute atomic E-state index is 6.30. The number of para-hydroxylation sites is 2. The minimum atomic E-state index is 0.588. The first-order valence-electron chi connectivity index (χ1n) is 17.7. The van der Waals surface area contributed by atoms with Gasteiger partial charge in [-0.05, 0) is 82.3 Å². The predicted octanol–water partition coefficient (Wildman–Crippen LogP) is 12.5. The number of benzene rings is 7. The van der Waals surface area contributed by atoms with E-state index in [-0.39, 0.29) is 0 Å². The van der Waals surface area contributed by atoms with E-state index in [4.69, 9.17) is 23.8 Å². The zero-order valence-electron chi connectivity index (χ0n) is 28.0. The molecule has 10 aromatic rings. The Kier molecular flexibility index (Phi) is 6.31. The molecular formula is C47H29N3O2. The van der Waals surface area contributed by atoms with Crippen molar-refractivity contribution in [2.75, 3.05) is 0 Å². The molecule has 11 rings (SSSR count). The molecule has 0 amide bonds. The number of hydrogen-bond donors (Lipinski definition) is 0. The number of allylic oxidation sites excluding steroid dienone is 1. The molecule has 0 unspecified atom stereocenters. The minimum absolute atomic E-state index is 0.588. The van der Waals surface area contributed by atoms with Gasteiger partial charge < -0.3 is 8.83 Å². The lowest BCUT2D eigenvalue weighted by Crippen LogP contribution is -2.02. The zero-order chi connectivity index (χ0) is 34.2. The van der Waals surface area contributed by atoms with Gasteiger partial charge in [0, 0.05) is 38.2 Å². The summed E-state index contributed by atoms with van der Waals surface area (Å²) in [6, 6.07) is 48.1. The first-order valence-corrected chi connectivity index (χ1v) is 17.7. The molecule has 0 saturated heterocycles. The largest absolute Gasteiger partial charge is 0.456 e. The maximum atomic E-state index is 6.30. The van der Waals surface area contributed by atoms with Crippen molar-refractivity contribution in [3.8, 4) is 45.3 Å². The van der Waals surface area contributed by atoms with E-state index < -0.39 is 0 Å². The molecule has 7 aromatic carbocycles. The Labute approximate surface area is 298 Å². The van der Waals surface area contributed by atoms with Gasteiger partial charge in [0.05, 0.1) is 0 Å². The van der Waals surface area contributed by atoms with E-state index >= 15 is 0 Å². The van der Waals surface area contributed by atoms with Gasteiger partial charge in [0.25, 0.3) is 0 Å². The van der Waals surface area contributed by atoms with Crippen molar-refractivity contribution in [3.63, 3.8) is 0 Å². The molecule has 0 N–H and O–H groups in total. The Balaban J connectivity index is 1.20. The van der Waals surface area contributed by atoms with Crippen LogP contribution in [0.1, 0.15) is 17.5 Å². The van der Waals surface area contributed by atoms with E-state index in [2.05, 4.69) is 91.0 Å². The highest BCUT2D eigenvalue weighted by Gasteiger charge is 2.21. The Bertz CT molecular complexity index is 2950. The summed E-state index contributed by atoms with van der Waals surface area (Å²) in [6.07, 6.45) is 6.54. The van der Waals surface area contributed by atoms with Gasteiger partial charge in [0.2, 0.25) is 0 Å². The summed E-state index contributed by atoms with van der Waals surface area (Å²) in [5.74, 6) is 1.79. The topological polar surface area (TPSA) is 65.0 Å². The number of furan rings is 2. The molecule has 52 heavy (non-hydrogen) atoms. The summed E-state index contributed by atoms with van der Waals surface area (Å²) in [4.78, 5) is 15.8. The van der Waals surface area contributed by atoms with Crippen molar-refractivity contribution in [1.29, 1.82) is 0 Å². The highest BCUT2D eigenvalue weighted by Crippen LogP contribution is 2.41. The lowest BCUT2D eigenvalue weighted by atomic mass is 9.86. The molecule has 5 heteroatoms. The van der Waals surface area contributed by atoms with Crippen LogP contribution in [-0.4, -0.2) is 15.0 Å². The average molecular weight is 668 g/mol. The average Bonchev–Trinajstić information content (AvgIpc) is 3.79. The molecule has 0 bridgehead atoms. The Morgan fingerprint density at radius 1 is 0.423 bits per heavy atom. The van der Waals surface area contributed by atoms with E-state index in [1.807, 2.05) is 60.7 Å². The van der Waals surface area contributed by atoms with Gasteiger partial charge in [-0.15, -0.1) is 0 Å². The Morgan fingerprint density at radius 3 is 1.69 bits per heavy atom. The van der Waals surface area contributed by atoms with Crippen LogP contribution in [0.15, 0.2) is 154 Å². The third-order valence-electron chi connectivity index (χ3n) is 10.4. The maximum Gasteiger partial charge on any atom is 0.164 e. The molecule has 0 radical (unpaired) electrons. The van der Waals surface area contributed by atoms with Crippen molar-refractivity contribution >= 4 is 60.7 Å². The first-order chi connectivity index (χ1) is 25.8. The molecule has 1 aliphatic carbocycles. The van der Waals surface area contributed by atoms with Gasteiger partial charge in [-0.2, -0.15) is 0 Å². The summed E-state index contributed by atoms with van der Waals surface area (Å²) in [5, 5.41) is 6.48. The number of aryl methyl sites for hydroxylation is 1. The second-order valence-electron chi connectivity index (χ2n) is 13.4. The predicted molar refractivity (Wildman–Crippen MR) is 211 cm³/mol. The fraction of sp³-hybridized carbons (Fsp3) is 0.0426. The van der Waals surface area contributed by atoms with Crippen LogP contribution in [0.4, 0.5) is 0 Å². The van der Waals surface area contributed by atoms with Gasteiger partial charge in [0.15, 0.2) is 17.5 Å². The van der Waals surface area contributed by atoms with Crippen molar-refractivity contribution in [2.24, 2.45) is 0 Å². The summed E-state index contributed by atoms with van der Waals surface area (Å²) >= 11 is 0. The van der Waals surface area contributed by atoms with E-state index in [1.165, 1.54) is 33.0 Å². The quantitative estimate of drug-likeness (QED) is 0.187. The summed E-state index contributed by atoms with van der Waals surface area (Å²) in [5.41, 5.74) is 11.0.